The summed E-state index contributed by atoms with van der Waals surface area (Å²) in [4.78, 5) is 13.0. The molecule has 718 valence electrons. The van der Waals surface area contributed by atoms with Crippen LogP contribution in [0.25, 0.3) is 0 Å². The largest absolute Gasteiger partial charge is 1.00 e. The van der Waals surface area contributed by atoms with Crippen LogP contribution in [0.2, 0.25) is 88.6 Å². The third-order valence-corrected chi connectivity index (χ3v) is 30.5. The number of aliphatic hydroxyl groups is 2. The fourth-order valence-corrected chi connectivity index (χ4v) is 18.0. The van der Waals surface area contributed by atoms with E-state index in [1.54, 1.807) is 62.9 Å². The number of benzene rings is 3. The summed E-state index contributed by atoms with van der Waals surface area (Å²) < 4.78 is 173. The monoisotopic (exact) mass is 2030 g/mol. The molecule has 3 aromatic rings. The topological polar surface area (TPSA) is 464 Å². The molecule has 0 atom stereocenters. The van der Waals surface area contributed by atoms with Gasteiger partial charge in [-0.3, -0.25) is 45.5 Å². The van der Waals surface area contributed by atoms with E-state index in [1.807, 2.05) is 121 Å². The van der Waals surface area contributed by atoms with Crippen LogP contribution >= 0.6 is 0 Å². The van der Waals surface area contributed by atoms with Gasteiger partial charge in [0.1, 0.15) is 43.6 Å². The zero-order chi connectivity index (χ0) is 96.8. The first kappa shape index (κ1) is 151. The standard InChI is InChI=1S/C15H27NO4Si.C14H23NO2Si.C12H21NO2Si.C10H24O4Si.2C7H18O2Si.3C3H8.C2H6O.C2H4O.CH4O.IO4.Na.3O2Si/c1-4-18-21(19-5-2,20-6-3)12-8-11-17-15-10-7-9-14(16)13-15;1-5-15-13-8-6-9-14(12-13)17-10-7-11-18(3,4)16-2;1-14-16(2,3)9-5-8-15-12-7-4-6-11(13)10-12;1-5-12-15(13-6-2,14-7-3)10-8-9-11-4;2*1-8-6-5-7-10(3,4)9-2;3*1-3-2;2*1-2-3;1-2;2-1(3,4)5;;3*1-3-2/h7,9-10,13H,4-6,8,11-12,16H2,1-3H3;5-6,8-9,12H,7,10-11H2,1-4H3;4,6-7,10H,5,8-9,13H2,1-3H3;5-10H2,1-4H3;2*5-7H2,1-4H3;3*3H2,1-2H3;3H,2H2,1H3;2H,1H3;2H,1H3;;;;;/q;;;;;;;;;;;;-1;+1;;;. The fraction of sp³-hybridized carbons (Fsp3) is 0.747. The Morgan fingerprint density at radius 2 is 0.582 bits per heavy atom. The van der Waals surface area contributed by atoms with Gasteiger partial charge in [0.2, 0.25) is 0 Å². The van der Waals surface area contributed by atoms with Crippen molar-refractivity contribution >= 4 is 108 Å². The van der Waals surface area contributed by atoms with E-state index in [0.29, 0.717) is 51.9 Å². The number of hydrogen-bond acceptors (Lipinski definition) is 32. The van der Waals surface area contributed by atoms with Crippen molar-refractivity contribution in [2.24, 2.45) is 4.99 Å². The first-order valence-electron chi connectivity index (χ1n) is 40.8. The second-order valence-electron chi connectivity index (χ2n) is 26.3. The van der Waals surface area contributed by atoms with Crippen molar-refractivity contribution in [1.29, 1.82) is 0 Å². The summed E-state index contributed by atoms with van der Waals surface area (Å²) in [6.45, 7) is 55.8. The molecule has 0 heterocycles. The number of nitrogens with zero attached hydrogens (tertiary/aromatic N) is 1. The summed E-state index contributed by atoms with van der Waals surface area (Å²) in [6.07, 6.45) is 12.3. The predicted molar refractivity (Wildman–Crippen MR) is 492 cm³/mol. The van der Waals surface area contributed by atoms with Gasteiger partial charge in [0.25, 0.3) is 0 Å². The number of ether oxygens (including phenoxy) is 6. The minimum absolute atomic E-state index is 0. The van der Waals surface area contributed by atoms with Gasteiger partial charge in [0.05, 0.1) is 25.5 Å². The summed E-state index contributed by atoms with van der Waals surface area (Å²) in [6, 6.07) is 29.0. The Morgan fingerprint density at radius 1 is 0.393 bits per heavy atom. The van der Waals surface area contributed by atoms with Gasteiger partial charge in [-0.2, -0.15) is 0 Å². The molecule has 0 aliphatic carbocycles. The first-order chi connectivity index (χ1) is 57.1. The van der Waals surface area contributed by atoms with Crippen LogP contribution in [0.1, 0.15) is 162 Å². The predicted octanol–water partition coefficient (Wildman–Crippen LogP) is 7.28. The van der Waals surface area contributed by atoms with Gasteiger partial charge >= 0.3 is 75.0 Å². The van der Waals surface area contributed by atoms with E-state index in [0.717, 1.165) is 138 Å². The Labute approximate surface area is 779 Å². The number of halogens is 1. The number of methoxy groups -OCH3 is 3. The van der Waals surface area contributed by atoms with Gasteiger partial charge in [-0.05, 0) is 214 Å². The van der Waals surface area contributed by atoms with E-state index in [1.165, 1.54) is 38.3 Å². The van der Waals surface area contributed by atoms with E-state index in [9.17, 15) is 0 Å². The van der Waals surface area contributed by atoms with Crippen molar-refractivity contribution < 1.29 is 178 Å². The Balaban J connectivity index is -0.0000000900. The van der Waals surface area contributed by atoms with Crippen molar-refractivity contribution in [1.82, 2.24) is 0 Å². The third kappa shape index (κ3) is 136. The molecule has 0 unspecified atom stereocenters. The number of carbonyl (C=O) groups is 1. The van der Waals surface area contributed by atoms with Gasteiger partial charge in [0.15, 0.2) is 33.3 Å². The van der Waals surface area contributed by atoms with E-state index < -0.39 is 98.8 Å². The van der Waals surface area contributed by atoms with Gasteiger partial charge in [0, 0.05) is 171 Å². The summed E-state index contributed by atoms with van der Waals surface area (Å²) >= 11 is -5.94. The second kappa shape index (κ2) is 115. The molecule has 0 spiro atoms. The van der Waals surface area contributed by atoms with Gasteiger partial charge in [-0.1, -0.05) is 79.0 Å². The van der Waals surface area contributed by atoms with Crippen molar-refractivity contribution in [3.05, 3.63) is 72.8 Å². The molecule has 0 fully saturated rings. The van der Waals surface area contributed by atoms with Gasteiger partial charge in [-0.15, -0.1) is 0 Å². The van der Waals surface area contributed by atoms with Crippen molar-refractivity contribution in [2.45, 2.75) is 250 Å². The number of nitrogens with two attached hydrogens (primary N) is 2. The van der Waals surface area contributed by atoms with E-state index in [4.69, 9.17) is 140 Å². The molecule has 0 radical (unpaired) electrons. The SMILES string of the molecule is CC=Nc1cccc(OCCC[Si](C)(C)OC)c1.CC=O.CCC.CCC.CCC.CCO.CCO[Si](CCCOC)(OCC)OCC.CCO[Si](CCCOc1cccc(N)c1)(OCC)OCC.CO.COCCC[Si](C)(C)OC.COCCC[Si](C)(C)OC.CO[Si](C)(C)CCCOc1cccc(N)c1.O=[Si]=O.O=[Si]=O.O=[Si]=O.[Na+].[O-][I+3]([O-])([O-])[O-]. The minimum Gasteiger partial charge on any atom is -0.494 e. The average Bonchev–Trinajstić information content (AvgIpc) is 0.882. The number of aliphatic imine (C=N–C) groups is 1. The molecule has 0 aliphatic heterocycles. The van der Waals surface area contributed by atoms with Crippen molar-refractivity contribution in [3.63, 3.8) is 0 Å². The second-order valence-corrected chi connectivity index (χ2v) is 52.1. The number of aliphatic hydroxyl groups excluding tert-OH is 2. The van der Waals surface area contributed by atoms with Crippen molar-refractivity contribution in [2.75, 3.05) is 154 Å². The van der Waals surface area contributed by atoms with Crippen LogP contribution < -0.4 is 89.1 Å². The van der Waals surface area contributed by atoms with Crippen LogP contribution in [-0.4, -0.2) is 244 Å². The average molecular weight is 2030 g/mol. The Hall–Kier alpha value is -2.28. The van der Waals surface area contributed by atoms with Crippen molar-refractivity contribution in [3.8, 4) is 17.2 Å². The Bertz CT molecular complexity index is 2610. The first-order valence-corrected chi connectivity index (χ1v) is 63.1. The number of hydrogen-bond donors (Lipinski definition) is 4. The number of carbonyl (C=O) groups excluding carboxylic acids is 1. The van der Waals surface area contributed by atoms with Gasteiger partial charge in [-0.25, -0.2) is 0 Å². The van der Waals surface area contributed by atoms with E-state index in [2.05, 4.69) is 98.9 Å². The van der Waals surface area contributed by atoms with Crippen LogP contribution in [-0.2, 0) is 90.0 Å². The molecule has 6 N–H and O–H groups in total. The molecule has 3 rings (SSSR count). The minimum atomic E-state index is -5.94. The van der Waals surface area contributed by atoms with Crippen LogP contribution in [0.4, 0.5) is 17.1 Å². The Kier molecular flexibility index (Phi) is 142. The van der Waals surface area contributed by atoms with Crippen LogP contribution in [0, 0.1) is 0 Å². The quantitative estimate of drug-likeness (QED) is 0.0108. The molecule has 3 aromatic carbocycles. The molecule has 0 saturated heterocycles. The fourth-order valence-electron chi connectivity index (χ4n) is 7.99. The van der Waals surface area contributed by atoms with Crippen LogP contribution in [0.3, 0.4) is 0 Å². The molecule has 0 aromatic heterocycles. The maximum Gasteiger partial charge on any atom is 1.00 e. The van der Waals surface area contributed by atoms with Crippen LogP contribution in [0.15, 0.2) is 77.8 Å². The Morgan fingerprint density at radius 3 is 0.770 bits per heavy atom. The maximum absolute atomic E-state index is 8.81. The summed E-state index contributed by atoms with van der Waals surface area (Å²) in [5.74, 6) is 2.51. The molecule has 43 heteroatoms. The number of rotatable bonds is 44. The molecule has 0 amide bonds. The molecule has 0 bridgehead atoms. The maximum atomic E-state index is 8.81. The smallest absolute Gasteiger partial charge is 0.494 e. The summed E-state index contributed by atoms with van der Waals surface area (Å²) in [5, 5.41) is 14.6. The van der Waals surface area contributed by atoms with Crippen LogP contribution in [0.5, 0.6) is 17.2 Å². The molecule has 122 heavy (non-hydrogen) atoms. The third-order valence-electron chi connectivity index (χ3n) is 13.6. The molecule has 0 aliphatic rings. The molecule has 32 nitrogen and oxygen atoms in total. The number of aldehydes is 1. The van der Waals surface area contributed by atoms with Gasteiger partial charge < -0.3 is 99.2 Å². The zero-order valence-corrected chi connectivity index (χ0v) is 94.4. The zero-order valence-electron chi connectivity index (χ0n) is 81.3. The summed E-state index contributed by atoms with van der Waals surface area (Å²) in [7, 11) is -1.29. The number of nitrogen functional groups attached to an aromatic ring is 2. The molecule has 0 saturated carbocycles. The normalized spacial score (nSPS) is 10.1. The molecular formula is C79H169IN3NaO29Si9. The summed E-state index contributed by atoms with van der Waals surface area (Å²) in [5.41, 5.74) is 13.8. The van der Waals surface area contributed by atoms with E-state index >= 15 is 0 Å². The van der Waals surface area contributed by atoms with E-state index in [-0.39, 0.29) is 36.2 Å². The number of anilines is 2. The molecular weight excluding hydrogens is 1860 g/mol.